The first-order valence-electron chi connectivity index (χ1n) is 4.93. The summed E-state index contributed by atoms with van der Waals surface area (Å²) >= 11 is 5.78. The fourth-order valence-corrected chi connectivity index (χ4v) is 1.68. The van der Waals surface area contributed by atoms with Crippen molar-refractivity contribution in [3.63, 3.8) is 0 Å². The highest BCUT2D eigenvalue weighted by Gasteiger charge is 2.25. The molecule has 5 nitrogen and oxygen atoms in total. The van der Waals surface area contributed by atoms with Crippen molar-refractivity contribution in [3.8, 4) is 0 Å². The van der Waals surface area contributed by atoms with Crippen LogP contribution in [-0.2, 0) is 9.53 Å². The van der Waals surface area contributed by atoms with Gasteiger partial charge in [0, 0.05) is 13.7 Å². The number of hydrogen-bond acceptors (Lipinski definition) is 4. The number of rotatable bonds is 3. The first-order valence-corrected chi connectivity index (χ1v) is 5.31. The molecule has 2 heterocycles. The van der Waals surface area contributed by atoms with Crippen molar-refractivity contribution in [1.82, 2.24) is 4.98 Å². The second-order valence-corrected chi connectivity index (χ2v) is 3.89. The van der Waals surface area contributed by atoms with E-state index in [1.807, 2.05) is 0 Å². The Balaban J connectivity index is 2.16. The van der Waals surface area contributed by atoms with Crippen molar-refractivity contribution in [2.24, 2.45) is 0 Å². The molecule has 1 aromatic heterocycles. The number of nitrogens with zero attached hydrogens (tertiary/aromatic N) is 1. The molecule has 1 aromatic rings. The first kappa shape index (κ1) is 11.2. The van der Waals surface area contributed by atoms with Crippen LogP contribution in [0.15, 0.2) is 12.1 Å². The molecule has 86 valence electrons. The zero-order valence-corrected chi connectivity index (χ0v) is 9.54. The van der Waals surface area contributed by atoms with Gasteiger partial charge in [0.2, 0.25) is 5.91 Å². The molecule has 2 N–H and O–H groups in total. The number of pyridine rings is 1. The molecule has 1 amide bonds. The Morgan fingerprint density at radius 1 is 1.56 bits per heavy atom. The highest BCUT2D eigenvalue weighted by Crippen LogP contribution is 2.26. The van der Waals surface area contributed by atoms with Crippen LogP contribution in [0.25, 0.3) is 0 Å². The lowest BCUT2D eigenvalue weighted by Crippen LogP contribution is -2.39. The largest absolute Gasteiger partial charge is 0.385 e. The molecular formula is C10H12ClN3O2. The molecule has 6 heteroatoms. The van der Waals surface area contributed by atoms with E-state index in [-0.39, 0.29) is 11.9 Å². The van der Waals surface area contributed by atoms with Crippen molar-refractivity contribution < 1.29 is 9.53 Å². The minimum atomic E-state index is -0.321. The molecule has 0 radical (unpaired) electrons. The number of carbonyl (C=O) groups is 1. The van der Waals surface area contributed by atoms with Crippen LogP contribution in [0.2, 0.25) is 5.15 Å². The van der Waals surface area contributed by atoms with Crippen molar-refractivity contribution in [2.45, 2.75) is 12.5 Å². The maximum atomic E-state index is 11.7. The van der Waals surface area contributed by atoms with Gasteiger partial charge in [-0.3, -0.25) is 4.79 Å². The van der Waals surface area contributed by atoms with E-state index in [9.17, 15) is 4.79 Å². The van der Waals surface area contributed by atoms with Gasteiger partial charge in [-0.15, -0.1) is 0 Å². The van der Waals surface area contributed by atoms with E-state index in [1.165, 1.54) is 0 Å². The zero-order valence-electron chi connectivity index (χ0n) is 8.79. The van der Waals surface area contributed by atoms with Crippen LogP contribution in [0.3, 0.4) is 0 Å². The number of carbonyl (C=O) groups excluding carboxylic acids is 1. The third kappa shape index (κ3) is 2.25. The molecule has 0 aromatic carbocycles. The van der Waals surface area contributed by atoms with E-state index < -0.39 is 0 Å². The van der Waals surface area contributed by atoms with Crippen LogP contribution < -0.4 is 10.6 Å². The molecule has 2 rings (SSSR count). The molecule has 0 spiro atoms. The highest BCUT2D eigenvalue weighted by molar-refractivity contribution is 6.29. The van der Waals surface area contributed by atoms with Gasteiger partial charge in [0.1, 0.15) is 11.2 Å². The van der Waals surface area contributed by atoms with Gasteiger partial charge in [0.15, 0.2) is 5.82 Å². The number of amides is 1. The molecule has 1 unspecified atom stereocenters. The lowest BCUT2D eigenvalue weighted by atomic mass is 10.1. The van der Waals surface area contributed by atoms with E-state index in [0.717, 1.165) is 0 Å². The number of fused-ring (bicyclic) bond motifs is 1. The first-order chi connectivity index (χ1) is 7.70. The smallest absolute Gasteiger partial charge is 0.247 e. The summed E-state index contributed by atoms with van der Waals surface area (Å²) in [6.07, 6.45) is 0.593. The number of methoxy groups -OCH3 is 1. The molecular weight excluding hydrogens is 230 g/mol. The van der Waals surface area contributed by atoms with Crippen LogP contribution in [0.5, 0.6) is 0 Å². The third-order valence-electron chi connectivity index (χ3n) is 2.36. The maximum Gasteiger partial charge on any atom is 0.247 e. The maximum absolute atomic E-state index is 11.7. The molecule has 1 aliphatic heterocycles. The minimum Gasteiger partial charge on any atom is -0.385 e. The van der Waals surface area contributed by atoms with Crippen molar-refractivity contribution >= 4 is 29.0 Å². The monoisotopic (exact) mass is 241 g/mol. The normalized spacial score (nSPS) is 18.6. The Morgan fingerprint density at radius 2 is 2.38 bits per heavy atom. The molecule has 0 fully saturated rings. The quantitative estimate of drug-likeness (QED) is 0.788. The molecule has 0 saturated heterocycles. The lowest BCUT2D eigenvalue weighted by Gasteiger charge is -2.25. The van der Waals surface area contributed by atoms with Gasteiger partial charge in [-0.25, -0.2) is 4.98 Å². The Bertz CT molecular complexity index is 411. The summed E-state index contributed by atoms with van der Waals surface area (Å²) in [5.41, 5.74) is 0.656. The Hall–Kier alpha value is -1.33. The van der Waals surface area contributed by atoms with E-state index in [4.69, 9.17) is 16.3 Å². The van der Waals surface area contributed by atoms with E-state index >= 15 is 0 Å². The Labute approximate surface area is 98.1 Å². The van der Waals surface area contributed by atoms with Gasteiger partial charge in [-0.1, -0.05) is 11.6 Å². The molecule has 1 aliphatic rings. The van der Waals surface area contributed by atoms with Gasteiger partial charge >= 0.3 is 0 Å². The number of ether oxygens (including phenoxy) is 1. The average molecular weight is 242 g/mol. The van der Waals surface area contributed by atoms with Crippen LogP contribution in [-0.4, -0.2) is 30.6 Å². The van der Waals surface area contributed by atoms with Gasteiger partial charge in [0.05, 0.1) is 5.69 Å². The Kier molecular flexibility index (Phi) is 3.26. The van der Waals surface area contributed by atoms with Crippen molar-refractivity contribution in [1.29, 1.82) is 0 Å². The van der Waals surface area contributed by atoms with Crippen LogP contribution in [0.1, 0.15) is 6.42 Å². The van der Waals surface area contributed by atoms with Gasteiger partial charge in [-0.2, -0.15) is 0 Å². The summed E-state index contributed by atoms with van der Waals surface area (Å²) in [6, 6.07) is 3.04. The predicted molar refractivity (Wildman–Crippen MR) is 61.8 cm³/mol. The molecule has 0 aliphatic carbocycles. The Morgan fingerprint density at radius 3 is 3.12 bits per heavy atom. The van der Waals surface area contributed by atoms with Crippen LogP contribution >= 0.6 is 11.6 Å². The number of aromatic nitrogens is 1. The lowest BCUT2D eigenvalue weighted by molar-refractivity contribution is -0.117. The summed E-state index contributed by atoms with van der Waals surface area (Å²) in [5, 5.41) is 6.20. The molecule has 0 saturated carbocycles. The number of hydrogen-bond donors (Lipinski definition) is 2. The summed E-state index contributed by atoms with van der Waals surface area (Å²) in [4.78, 5) is 15.8. The molecule has 0 bridgehead atoms. The topological polar surface area (TPSA) is 63.2 Å². The average Bonchev–Trinajstić information content (AvgIpc) is 2.27. The van der Waals surface area contributed by atoms with Crippen molar-refractivity contribution in [3.05, 3.63) is 17.3 Å². The highest BCUT2D eigenvalue weighted by atomic mass is 35.5. The number of halogens is 1. The van der Waals surface area contributed by atoms with Gasteiger partial charge in [0.25, 0.3) is 0 Å². The molecule has 16 heavy (non-hydrogen) atoms. The summed E-state index contributed by atoms with van der Waals surface area (Å²) in [7, 11) is 1.60. The van der Waals surface area contributed by atoms with E-state index in [0.29, 0.717) is 29.7 Å². The van der Waals surface area contributed by atoms with Gasteiger partial charge in [-0.05, 0) is 18.6 Å². The van der Waals surface area contributed by atoms with E-state index in [2.05, 4.69) is 15.6 Å². The summed E-state index contributed by atoms with van der Waals surface area (Å²) < 4.78 is 4.94. The fourth-order valence-electron chi connectivity index (χ4n) is 1.54. The van der Waals surface area contributed by atoms with Crippen LogP contribution in [0, 0.1) is 0 Å². The number of anilines is 2. The minimum absolute atomic E-state index is 0.0753. The predicted octanol–water partition coefficient (Wildman–Crippen LogP) is 1.50. The number of nitrogens with one attached hydrogen (secondary N) is 2. The second-order valence-electron chi connectivity index (χ2n) is 3.50. The second kappa shape index (κ2) is 4.67. The summed E-state index contributed by atoms with van der Waals surface area (Å²) in [5.74, 6) is 0.530. The van der Waals surface area contributed by atoms with Crippen LogP contribution in [0.4, 0.5) is 11.5 Å². The SMILES string of the molecule is COCCC1Nc2nc(Cl)ccc2NC1=O. The van der Waals surface area contributed by atoms with Crippen molar-refractivity contribution in [2.75, 3.05) is 24.4 Å². The summed E-state index contributed by atoms with van der Waals surface area (Å²) in [6.45, 7) is 0.515. The van der Waals surface area contributed by atoms with E-state index in [1.54, 1.807) is 19.2 Å². The zero-order chi connectivity index (χ0) is 11.5. The van der Waals surface area contributed by atoms with Gasteiger partial charge < -0.3 is 15.4 Å². The molecule has 1 atom stereocenters. The third-order valence-corrected chi connectivity index (χ3v) is 2.57. The fraction of sp³-hybridized carbons (Fsp3) is 0.400. The standard InChI is InChI=1S/C10H12ClN3O2/c1-16-5-4-7-10(15)13-6-2-3-8(11)14-9(6)12-7/h2-3,7H,4-5H2,1H3,(H,12,14)(H,13,15).